The fourth-order valence-electron chi connectivity index (χ4n) is 2.22. The number of nitrogens with zero attached hydrogens (tertiary/aromatic N) is 1. The molecule has 0 amide bonds. The van der Waals surface area contributed by atoms with Crippen molar-refractivity contribution in [2.75, 3.05) is 0 Å². The summed E-state index contributed by atoms with van der Waals surface area (Å²) in [6.45, 7) is 0. The normalized spacial score (nSPS) is 25.1. The van der Waals surface area contributed by atoms with Crippen LogP contribution in [0.3, 0.4) is 0 Å². The topological polar surface area (TPSA) is 101 Å². The molecule has 0 bridgehead atoms. The molecular weight excluding hydrogens is 238 g/mol. The van der Waals surface area contributed by atoms with Crippen molar-refractivity contribution in [3.05, 3.63) is 39.9 Å². The van der Waals surface area contributed by atoms with E-state index in [1.54, 1.807) is 0 Å². The van der Waals surface area contributed by atoms with Crippen molar-refractivity contribution >= 4 is 11.5 Å². The Kier molecular flexibility index (Phi) is 3.14. The zero-order valence-electron chi connectivity index (χ0n) is 9.57. The van der Waals surface area contributed by atoms with Crippen LogP contribution in [0.5, 0.6) is 0 Å². The van der Waals surface area contributed by atoms with Gasteiger partial charge in [0, 0.05) is 18.6 Å². The van der Waals surface area contributed by atoms with E-state index < -0.39 is 16.6 Å². The van der Waals surface area contributed by atoms with Crippen molar-refractivity contribution in [3.8, 4) is 0 Å². The average molecular weight is 251 g/mol. The van der Waals surface area contributed by atoms with E-state index in [2.05, 4.69) is 0 Å². The third-order valence-electron chi connectivity index (χ3n) is 3.32. The highest BCUT2D eigenvalue weighted by atomic mass is 16.6. The molecule has 1 saturated carbocycles. The molecule has 0 heterocycles. The SMILES string of the molecule is O=C1CCC[C@@]1(O)C(O)c1ccc([N+](=O)[O-])cc1. The van der Waals surface area contributed by atoms with E-state index in [9.17, 15) is 25.1 Å². The number of nitro benzene ring substituents is 1. The molecule has 1 aromatic carbocycles. The molecule has 0 saturated heterocycles. The summed E-state index contributed by atoms with van der Waals surface area (Å²) >= 11 is 0. The summed E-state index contributed by atoms with van der Waals surface area (Å²) in [6.07, 6.45) is -0.336. The van der Waals surface area contributed by atoms with Gasteiger partial charge in [0.15, 0.2) is 11.4 Å². The van der Waals surface area contributed by atoms with Crippen LogP contribution in [0, 0.1) is 10.1 Å². The number of hydrogen-bond donors (Lipinski definition) is 2. The van der Waals surface area contributed by atoms with Crippen LogP contribution in [0.1, 0.15) is 30.9 Å². The molecule has 96 valence electrons. The minimum Gasteiger partial charge on any atom is -0.385 e. The van der Waals surface area contributed by atoms with Gasteiger partial charge in [-0.1, -0.05) is 0 Å². The Balaban J connectivity index is 2.26. The number of rotatable bonds is 3. The van der Waals surface area contributed by atoms with E-state index in [0.717, 1.165) is 0 Å². The van der Waals surface area contributed by atoms with Gasteiger partial charge in [0.05, 0.1) is 4.92 Å². The second-order valence-corrected chi connectivity index (χ2v) is 4.45. The molecule has 2 atom stereocenters. The number of aliphatic hydroxyl groups excluding tert-OH is 1. The number of benzene rings is 1. The fourth-order valence-corrected chi connectivity index (χ4v) is 2.22. The number of non-ortho nitro benzene ring substituents is 1. The second kappa shape index (κ2) is 4.47. The van der Waals surface area contributed by atoms with Crippen molar-refractivity contribution in [3.63, 3.8) is 0 Å². The largest absolute Gasteiger partial charge is 0.385 e. The average Bonchev–Trinajstić information content (AvgIpc) is 2.70. The minimum absolute atomic E-state index is 0.101. The number of nitro groups is 1. The van der Waals surface area contributed by atoms with E-state index in [1.807, 2.05) is 0 Å². The number of aliphatic hydroxyl groups is 2. The molecule has 18 heavy (non-hydrogen) atoms. The summed E-state index contributed by atoms with van der Waals surface area (Å²) in [5.41, 5.74) is -1.55. The predicted molar refractivity (Wildman–Crippen MR) is 61.9 cm³/mol. The van der Waals surface area contributed by atoms with Crippen molar-refractivity contribution in [1.29, 1.82) is 0 Å². The maximum absolute atomic E-state index is 11.6. The summed E-state index contributed by atoms with van der Waals surface area (Å²) in [5, 5.41) is 30.7. The zero-order valence-corrected chi connectivity index (χ0v) is 9.57. The first-order valence-corrected chi connectivity index (χ1v) is 5.63. The lowest BCUT2D eigenvalue weighted by Crippen LogP contribution is -2.40. The highest BCUT2D eigenvalue weighted by molar-refractivity contribution is 5.89. The summed E-state index contributed by atoms with van der Waals surface area (Å²) in [5.74, 6) is -0.381. The van der Waals surface area contributed by atoms with Crippen LogP contribution in [-0.2, 0) is 4.79 Å². The van der Waals surface area contributed by atoms with Crippen LogP contribution < -0.4 is 0 Å². The van der Waals surface area contributed by atoms with Gasteiger partial charge < -0.3 is 10.2 Å². The van der Waals surface area contributed by atoms with Crippen LogP contribution in [0.15, 0.2) is 24.3 Å². The minimum atomic E-state index is -1.75. The Morgan fingerprint density at radius 2 is 1.94 bits per heavy atom. The maximum Gasteiger partial charge on any atom is 0.269 e. The van der Waals surface area contributed by atoms with Crippen molar-refractivity contribution < 1.29 is 19.9 Å². The molecule has 1 aliphatic carbocycles. The van der Waals surface area contributed by atoms with Crippen LogP contribution in [0.25, 0.3) is 0 Å². The molecule has 0 radical (unpaired) electrons. The Morgan fingerprint density at radius 1 is 1.33 bits per heavy atom. The Labute approximate surface area is 103 Å². The van der Waals surface area contributed by atoms with Gasteiger partial charge in [-0.05, 0) is 30.5 Å². The Morgan fingerprint density at radius 3 is 2.39 bits per heavy atom. The lowest BCUT2D eigenvalue weighted by Gasteiger charge is -2.27. The molecule has 2 N–H and O–H groups in total. The molecule has 2 rings (SSSR count). The van der Waals surface area contributed by atoms with E-state index in [1.165, 1.54) is 24.3 Å². The molecule has 6 heteroatoms. The van der Waals surface area contributed by atoms with Gasteiger partial charge in [0.1, 0.15) is 6.10 Å². The van der Waals surface area contributed by atoms with E-state index in [-0.39, 0.29) is 24.3 Å². The van der Waals surface area contributed by atoms with Crippen LogP contribution in [0.2, 0.25) is 0 Å². The quantitative estimate of drug-likeness (QED) is 0.619. The van der Waals surface area contributed by atoms with Gasteiger partial charge in [-0.25, -0.2) is 0 Å². The second-order valence-electron chi connectivity index (χ2n) is 4.45. The number of ketones is 1. The van der Waals surface area contributed by atoms with Crippen LogP contribution in [-0.4, -0.2) is 26.5 Å². The summed E-state index contributed by atoms with van der Waals surface area (Å²) in [6, 6.07) is 5.18. The molecule has 0 aliphatic heterocycles. The van der Waals surface area contributed by atoms with Gasteiger partial charge >= 0.3 is 0 Å². The number of Topliss-reactive ketones (excluding diaryl/α,β-unsaturated/α-hetero) is 1. The Hall–Kier alpha value is -1.79. The smallest absolute Gasteiger partial charge is 0.269 e. The highest BCUT2D eigenvalue weighted by Gasteiger charge is 2.46. The molecule has 0 spiro atoms. The number of carbonyl (C=O) groups is 1. The van der Waals surface area contributed by atoms with Gasteiger partial charge in [0.2, 0.25) is 0 Å². The molecule has 1 aliphatic rings. The van der Waals surface area contributed by atoms with Gasteiger partial charge in [-0.3, -0.25) is 14.9 Å². The summed E-state index contributed by atoms with van der Waals surface area (Å²) in [4.78, 5) is 21.5. The van der Waals surface area contributed by atoms with Crippen molar-refractivity contribution in [1.82, 2.24) is 0 Å². The summed E-state index contributed by atoms with van der Waals surface area (Å²) < 4.78 is 0. The lowest BCUT2D eigenvalue weighted by atomic mass is 9.89. The Bertz CT molecular complexity index is 484. The standard InChI is InChI=1S/C12H13NO5/c14-10-2-1-7-12(10,16)11(15)8-3-5-9(6-4-8)13(17)18/h3-6,11,15-16H,1-2,7H2/t11?,12-/m0/s1. The van der Waals surface area contributed by atoms with Gasteiger partial charge in [-0.15, -0.1) is 0 Å². The molecule has 1 unspecified atom stereocenters. The van der Waals surface area contributed by atoms with E-state index in [4.69, 9.17) is 0 Å². The first-order chi connectivity index (χ1) is 8.45. The number of hydrogen-bond acceptors (Lipinski definition) is 5. The van der Waals surface area contributed by atoms with Crippen molar-refractivity contribution in [2.24, 2.45) is 0 Å². The lowest BCUT2D eigenvalue weighted by molar-refractivity contribution is -0.384. The van der Waals surface area contributed by atoms with Gasteiger partial charge in [-0.2, -0.15) is 0 Å². The van der Waals surface area contributed by atoms with E-state index in [0.29, 0.717) is 12.0 Å². The van der Waals surface area contributed by atoms with Crippen molar-refractivity contribution in [2.45, 2.75) is 31.0 Å². The van der Waals surface area contributed by atoms with Gasteiger partial charge in [0.25, 0.3) is 5.69 Å². The van der Waals surface area contributed by atoms with E-state index >= 15 is 0 Å². The van der Waals surface area contributed by atoms with Crippen LogP contribution >= 0.6 is 0 Å². The third kappa shape index (κ3) is 2.00. The third-order valence-corrected chi connectivity index (χ3v) is 3.32. The molecule has 0 aromatic heterocycles. The molecule has 6 nitrogen and oxygen atoms in total. The first kappa shape index (κ1) is 12.7. The van der Waals surface area contributed by atoms with Crippen LogP contribution in [0.4, 0.5) is 5.69 Å². The predicted octanol–water partition coefficient (Wildman–Crippen LogP) is 1.11. The highest BCUT2D eigenvalue weighted by Crippen LogP contribution is 2.37. The molecule has 1 aromatic rings. The number of carbonyl (C=O) groups excluding carboxylic acids is 1. The monoisotopic (exact) mass is 251 g/mol. The molecular formula is C12H13NO5. The zero-order chi connectivity index (χ0) is 13.3. The first-order valence-electron chi connectivity index (χ1n) is 5.63. The summed E-state index contributed by atoms with van der Waals surface area (Å²) in [7, 11) is 0. The fraction of sp³-hybridized carbons (Fsp3) is 0.417. The molecule has 1 fully saturated rings. The maximum atomic E-state index is 11.6.